The van der Waals surface area contributed by atoms with E-state index < -0.39 is 15.7 Å². The predicted molar refractivity (Wildman–Crippen MR) is 68.8 cm³/mol. The Kier molecular flexibility index (Phi) is 3.67. The minimum atomic E-state index is -3.42. The molecule has 18 heavy (non-hydrogen) atoms. The fraction of sp³-hybridized carbons (Fsp3) is 0.500. The zero-order valence-electron chi connectivity index (χ0n) is 9.83. The molecule has 1 aliphatic rings. The Morgan fingerprint density at radius 3 is 2.56 bits per heavy atom. The van der Waals surface area contributed by atoms with E-state index in [4.69, 9.17) is 17.3 Å². The van der Waals surface area contributed by atoms with Crippen LogP contribution in [0.4, 0.5) is 4.39 Å². The van der Waals surface area contributed by atoms with E-state index in [-0.39, 0.29) is 21.1 Å². The van der Waals surface area contributed by atoms with Gasteiger partial charge in [-0.25, -0.2) is 12.8 Å². The smallest absolute Gasteiger partial charge is 0.178 e. The van der Waals surface area contributed by atoms with Gasteiger partial charge in [0.15, 0.2) is 9.84 Å². The van der Waals surface area contributed by atoms with Gasteiger partial charge >= 0.3 is 0 Å². The van der Waals surface area contributed by atoms with Gasteiger partial charge in [0.1, 0.15) is 5.82 Å². The molecule has 3 nitrogen and oxygen atoms in total. The van der Waals surface area contributed by atoms with E-state index in [9.17, 15) is 12.8 Å². The summed E-state index contributed by atoms with van der Waals surface area (Å²) in [6.45, 7) is 0.486. The fourth-order valence-electron chi connectivity index (χ4n) is 2.11. The van der Waals surface area contributed by atoms with E-state index in [1.807, 2.05) is 0 Å². The van der Waals surface area contributed by atoms with Crippen LogP contribution in [-0.2, 0) is 9.84 Å². The minimum Gasteiger partial charge on any atom is -0.330 e. The standard InChI is InChI=1S/C12H15ClFNO2S/c13-10-7-9(1-2-11(10)14)18(16,17)8-12(3-4-12)5-6-15/h1-2,7H,3-6,8,15H2. The lowest BCUT2D eigenvalue weighted by atomic mass is 10.1. The summed E-state index contributed by atoms with van der Waals surface area (Å²) in [5.41, 5.74) is 5.32. The highest BCUT2D eigenvalue weighted by Gasteiger charge is 2.45. The summed E-state index contributed by atoms with van der Waals surface area (Å²) in [5.74, 6) is -0.544. The minimum absolute atomic E-state index is 0.0686. The summed E-state index contributed by atoms with van der Waals surface area (Å²) in [4.78, 5) is 0.0807. The average molecular weight is 292 g/mol. The van der Waals surface area contributed by atoms with Crippen LogP contribution in [0.3, 0.4) is 0 Å². The molecule has 1 aromatic carbocycles. The van der Waals surface area contributed by atoms with Gasteiger partial charge in [-0.05, 0) is 49.4 Å². The van der Waals surface area contributed by atoms with Crippen molar-refractivity contribution in [2.75, 3.05) is 12.3 Å². The van der Waals surface area contributed by atoms with Gasteiger partial charge in [0.2, 0.25) is 0 Å². The second-order valence-corrected chi connectivity index (χ2v) is 7.27. The molecule has 1 aromatic rings. The average Bonchev–Trinajstić information content (AvgIpc) is 3.01. The summed E-state index contributed by atoms with van der Waals surface area (Å²) < 4.78 is 37.4. The number of hydrogen-bond donors (Lipinski definition) is 1. The topological polar surface area (TPSA) is 60.2 Å². The number of sulfone groups is 1. The zero-order valence-corrected chi connectivity index (χ0v) is 11.4. The van der Waals surface area contributed by atoms with Crippen LogP contribution in [-0.4, -0.2) is 20.7 Å². The molecule has 0 atom stereocenters. The first kappa shape index (κ1) is 13.8. The van der Waals surface area contributed by atoms with Crippen molar-refractivity contribution in [3.05, 3.63) is 29.0 Å². The molecule has 1 fully saturated rings. The second-order valence-electron chi connectivity index (χ2n) is 4.87. The normalized spacial score (nSPS) is 17.7. The van der Waals surface area contributed by atoms with Crippen molar-refractivity contribution in [2.45, 2.75) is 24.2 Å². The monoisotopic (exact) mass is 291 g/mol. The van der Waals surface area contributed by atoms with Crippen molar-refractivity contribution in [2.24, 2.45) is 11.1 Å². The molecule has 0 aliphatic heterocycles. The number of hydrogen-bond acceptors (Lipinski definition) is 3. The predicted octanol–water partition coefficient (Wildman–Crippen LogP) is 2.38. The van der Waals surface area contributed by atoms with E-state index in [0.717, 1.165) is 18.9 Å². The molecule has 0 amide bonds. The van der Waals surface area contributed by atoms with Gasteiger partial charge in [-0.1, -0.05) is 11.6 Å². The molecule has 100 valence electrons. The molecule has 0 spiro atoms. The zero-order chi connectivity index (χ0) is 13.4. The Hall–Kier alpha value is -0.650. The van der Waals surface area contributed by atoms with Crippen molar-refractivity contribution in [3.63, 3.8) is 0 Å². The number of rotatable bonds is 5. The molecule has 0 radical (unpaired) electrons. The van der Waals surface area contributed by atoms with Crippen molar-refractivity contribution in [1.82, 2.24) is 0 Å². The lowest BCUT2D eigenvalue weighted by Gasteiger charge is -2.14. The first-order chi connectivity index (χ1) is 8.38. The van der Waals surface area contributed by atoms with E-state index in [0.29, 0.717) is 13.0 Å². The maximum atomic E-state index is 13.0. The van der Waals surface area contributed by atoms with E-state index in [2.05, 4.69) is 0 Å². The van der Waals surface area contributed by atoms with Crippen LogP contribution in [0.25, 0.3) is 0 Å². The first-order valence-electron chi connectivity index (χ1n) is 5.76. The van der Waals surface area contributed by atoms with E-state index in [1.165, 1.54) is 12.1 Å². The molecular formula is C12H15ClFNO2S. The van der Waals surface area contributed by atoms with Crippen LogP contribution >= 0.6 is 11.6 Å². The molecule has 1 aliphatic carbocycles. The van der Waals surface area contributed by atoms with Crippen LogP contribution in [0.5, 0.6) is 0 Å². The largest absolute Gasteiger partial charge is 0.330 e. The van der Waals surface area contributed by atoms with E-state index in [1.54, 1.807) is 0 Å². The van der Waals surface area contributed by atoms with Crippen LogP contribution in [0.2, 0.25) is 5.02 Å². The van der Waals surface area contributed by atoms with Crippen molar-refractivity contribution < 1.29 is 12.8 Å². The Morgan fingerprint density at radius 2 is 2.06 bits per heavy atom. The van der Waals surface area contributed by atoms with Crippen LogP contribution in [0.1, 0.15) is 19.3 Å². The van der Waals surface area contributed by atoms with Gasteiger partial charge in [0.25, 0.3) is 0 Å². The molecule has 1 saturated carbocycles. The van der Waals surface area contributed by atoms with Crippen LogP contribution < -0.4 is 5.73 Å². The van der Waals surface area contributed by atoms with E-state index >= 15 is 0 Å². The van der Waals surface area contributed by atoms with Crippen LogP contribution in [0, 0.1) is 11.2 Å². The molecule has 0 heterocycles. The molecular weight excluding hydrogens is 277 g/mol. The Bertz CT molecular complexity index is 555. The summed E-state index contributed by atoms with van der Waals surface area (Å²) in [6, 6.07) is 3.51. The lowest BCUT2D eigenvalue weighted by Crippen LogP contribution is -2.20. The van der Waals surface area contributed by atoms with Gasteiger partial charge in [-0.15, -0.1) is 0 Å². The SMILES string of the molecule is NCCC1(CS(=O)(=O)c2ccc(F)c(Cl)c2)CC1. The van der Waals surface area contributed by atoms with Crippen molar-refractivity contribution >= 4 is 21.4 Å². The van der Waals surface area contributed by atoms with Gasteiger partial charge in [-0.2, -0.15) is 0 Å². The molecule has 0 bridgehead atoms. The maximum absolute atomic E-state index is 13.0. The molecule has 0 unspecified atom stereocenters. The summed E-state index contributed by atoms with van der Waals surface area (Å²) in [5, 5.41) is -0.167. The van der Waals surface area contributed by atoms with Crippen molar-refractivity contribution in [1.29, 1.82) is 0 Å². The number of halogens is 2. The highest BCUT2D eigenvalue weighted by molar-refractivity contribution is 7.91. The molecule has 2 N–H and O–H groups in total. The highest BCUT2D eigenvalue weighted by atomic mass is 35.5. The molecule has 0 aromatic heterocycles. The van der Waals surface area contributed by atoms with Crippen molar-refractivity contribution in [3.8, 4) is 0 Å². The lowest BCUT2D eigenvalue weighted by molar-refractivity contribution is 0.510. The van der Waals surface area contributed by atoms with Gasteiger partial charge in [0, 0.05) is 0 Å². The third-order valence-electron chi connectivity index (χ3n) is 3.38. The Labute approximate surface area is 111 Å². The fourth-order valence-corrected chi connectivity index (χ4v) is 4.33. The third kappa shape index (κ3) is 2.84. The molecule has 6 heteroatoms. The van der Waals surface area contributed by atoms with Gasteiger partial charge in [0.05, 0.1) is 15.7 Å². The summed E-state index contributed by atoms with van der Waals surface area (Å²) in [6.07, 6.45) is 2.48. The highest BCUT2D eigenvalue weighted by Crippen LogP contribution is 2.50. The molecule has 2 rings (SSSR count). The maximum Gasteiger partial charge on any atom is 0.178 e. The Morgan fingerprint density at radius 1 is 1.39 bits per heavy atom. The second kappa shape index (κ2) is 4.79. The first-order valence-corrected chi connectivity index (χ1v) is 7.79. The Balaban J connectivity index is 2.23. The quantitative estimate of drug-likeness (QED) is 0.847. The summed E-state index contributed by atoms with van der Waals surface area (Å²) >= 11 is 5.61. The number of benzene rings is 1. The molecule has 0 saturated heterocycles. The number of nitrogens with two attached hydrogens (primary N) is 1. The summed E-state index contributed by atoms with van der Waals surface area (Å²) in [7, 11) is -3.42. The third-order valence-corrected chi connectivity index (χ3v) is 5.63. The van der Waals surface area contributed by atoms with Crippen LogP contribution in [0.15, 0.2) is 23.1 Å². The van der Waals surface area contributed by atoms with Gasteiger partial charge < -0.3 is 5.73 Å². The van der Waals surface area contributed by atoms with Gasteiger partial charge in [-0.3, -0.25) is 0 Å².